The molecule has 0 N–H and O–H groups in total. The van der Waals surface area contributed by atoms with Gasteiger partial charge in [-0.05, 0) is 36.8 Å². The van der Waals surface area contributed by atoms with Gasteiger partial charge < -0.3 is 0 Å². The number of hydrogen-bond acceptors (Lipinski definition) is 2. The van der Waals surface area contributed by atoms with Gasteiger partial charge >= 0.3 is 0 Å². The Morgan fingerprint density at radius 1 is 0.923 bits per heavy atom. The summed E-state index contributed by atoms with van der Waals surface area (Å²) in [5.74, 6) is 0. The predicted molar refractivity (Wildman–Crippen MR) is 51.6 cm³/mol. The molecule has 0 aromatic carbocycles. The fourth-order valence-corrected chi connectivity index (χ4v) is 2.07. The first-order valence-corrected chi connectivity index (χ1v) is 4.66. The van der Waals surface area contributed by atoms with Crippen molar-refractivity contribution < 1.29 is 0 Å². The fraction of sp³-hybridized carbons (Fsp3) is 0.273. The SMILES string of the molecule is c1cc2ccnc3c2c(n1)CCC3. The molecule has 0 saturated heterocycles. The van der Waals surface area contributed by atoms with E-state index in [0.717, 1.165) is 12.8 Å². The van der Waals surface area contributed by atoms with E-state index in [-0.39, 0.29) is 0 Å². The number of aryl methyl sites for hydroxylation is 2. The van der Waals surface area contributed by atoms with E-state index in [1.165, 1.54) is 28.6 Å². The van der Waals surface area contributed by atoms with Gasteiger partial charge in [0.2, 0.25) is 0 Å². The molecule has 0 atom stereocenters. The molecule has 0 spiro atoms. The van der Waals surface area contributed by atoms with Crippen molar-refractivity contribution in [1.29, 1.82) is 0 Å². The molecule has 2 heteroatoms. The van der Waals surface area contributed by atoms with Gasteiger partial charge in [0.05, 0.1) is 0 Å². The highest BCUT2D eigenvalue weighted by Gasteiger charge is 2.13. The van der Waals surface area contributed by atoms with Crippen molar-refractivity contribution in [3.63, 3.8) is 0 Å². The van der Waals surface area contributed by atoms with E-state index in [0.29, 0.717) is 0 Å². The lowest BCUT2D eigenvalue weighted by Gasteiger charge is -2.14. The second kappa shape index (κ2) is 2.52. The van der Waals surface area contributed by atoms with Gasteiger partial charge in [0.15, 0.2) is 0 Å². The molecule has 0 aliphatic heterocycles. The van der Waals surface area contributed by atoms with Crippen LogP contribution in [0.15, 0.2) is 24.5 Å². The van der Waals surface area contributed by atoms with Crippen molar-refractivity contribution in [2.24, 2.45) is 0 Å². The molecule has 0 amide bonds. The van der Waals surface area contributed by atoms with Gasteiger partial charge in [-0.3, -0.25) is 9.97 Å². The molecule has 0 fully saturated rings. The maximum Gasteiger partial charge on any atom is 0.0500 e. The van der Waals surface area contributed by atoms with Crippen molar-refractivity contribution in [2.45, 2.75) is 19.3 Å². The lowest BCUT2D eigenvalue weighted by atomic mass is 9.97. The number of pyridine rings is 2. The first-order valence-electron chi connectivity index (χ1n) is 4.66. The summed E-state index contributed by atoms with van der Waals surface area (Å²) in [7, 11) is 0. The second-order valence-electron chi connectivity index (χ2n) is 3.47. The van der Waals surface area contributed by atoms with Gasteiger partial charge in [0.1, 0.15) is 0 Å². The molecule has 2 heterocycles. The molecule has 2 aromatic rings. The quantitative estimate of drug-likeness (QED) is 0.605. The van der Waals surface area contributed by atoms with Gasteiger partial charge in [-0.2, -0.15) is 0 Å². The van der Waals surface area contributed by atoms with Crippen LogP contribution in [0.4, 0.5) is 0 Å². The van der Waals surface area contributed by atoms with E-state index in [9.17, 15) is 0 Å². The van der Waals surface area contributed by atoms with Crippen LogP contribution in [0, 0.1) is 0 Å². The van der Waals surface area contributed by atoms with E-state index in [1.807, 2.05) is 12.4 Å². The minimum Gasteiger partial charge on any atom is -0.261 e. The summed E-state index contributed by atoms with van der Waals surface area (Å²) in [5.41, 5.74) is 2.46. The molecular weight excluding hydrogens is 160 g/mol. The summed E-state index contributed by atoms with van der Waals surface area (Å²) in [5, 5.41) is 2.59. The maximum atomic E-state index is 4.40. The fourth-order valence-electron chi connectivity index (χ4n) is 2.07. The van der Waals surface area contributed by atoms with Crippen molar-refractivity contribution in [2.75, 3.05) is 0 Å². The molecule has 64 valence electrons. The summed E-state index contributed by atoms with van der Waals surface area (Å²) in [6.07, 6.45) is 7.20. The molecule has 13 heavy (non-hydrogen) atoms. The highest BCUT2D eigenvalue weighted by molar-refractivity contribution is 5.86. The number of hydrogen-bond donors (Lipinski definition) is 0. The first-order chi connectivity index (χ1) is 6.45. The summed E-state index contributed by atoms with van der Waals surface area (Å²) >= 11 is 0. The molecule has 0 radical (unpaired) electrons. The van der Waals surface area contributed by atoms with Crippen LogP contribution in [0.3, 0.4) is 0 Å². The monoisotopic (exact) mass is 170 g/mol. The zero-order valence-electron chi connectivity index (χ0n) is 7.33. The average molecular weight is 170 g/mol. The van der Waals surface area contributed by atoms with Gasteiger partial charge in [0.25, 0.3) is 0 Å². The van der Waals surface area contributed by atoms with Crippen molar-refractivity contribution in [1.82, 2.24) is 9.97 Å². The Hall–Kier alpha value is -1.44. The number of nitrogens with zero attached hydrogens (tertiary/aromatic N) is 2. The van der Waals surface area contributed by atoms with Crippen LogP contribution in [0.25, 0.3) is 10.8 Å². The molecule has 0 saturated carbocycles. The van der Waals surface area contributed by atoms with Crippen LogP contribution in [-0.2, 0) is 12.8 Å². The normalized spacial score (nSPS) is 14.8. The number of rotatable bonds is 0. The summed E-state index contributed by atoms with van der Waals surface area (Å²) in [6.45, 7) is 0. The molecular formula is C11H10N2. The molecule has 2 aromatic heterocycles. The topological polar surface area (TPSA) is 25.8 Å². The molecule has 2 nitrogen and oxygen atoms in total. The van der Waals surface area contributed by atoms with Gasteiger partial charge in [-0.1, -0.05) is 0 Å². The van der Waals surface area contributed by atoms with Gasteiger partial charge in [-0.15, -0.1) is 0 Å². The van der Waals surface area contributed by atoms with Crippen LogP contribution in [-0.4, -0.2) is 9.97 Å². The summed E-state index contributed by atoms with van der Waals surface area (Å²) in [4.78, 5) is 8.79. The minimum atomic E-state index is 1.11. The third-order valence-corrected chi connectivity index (χ3v) is 2.66. The lowest BCUT2D eigenvalue weighted by Crippen LogP contribution is -2.04. The summed E-state index contributed by atoms with van der Waals surface area (Å²) < 4.78 is 0. The molecule has 0 bridgehead atoms. The van der Waals surface area contributed by atoms with Crippen LogP contribution >= 0.6 is 0 Å². The Morgan fingerprint density at radius 3 is 2.15 bits per heavy atom. The van der Waals surface area contributed by atoms with E-state index in [2.05, 4.69) is 22.1 Å². The average Bonchev–Trinajstić information content (AvgIpc) is 2.19. The summed E-state index contributed by atoms with van der Waals surface area (Å²) in [6, 6.07) is 4.13. The van der Waals surface area contributed by atoms with E-state index >= 15 is 0 Å². The van der Waals surface area contributed by atoms with Crippen molar-refractivity contribution >= 4 is 10.8 Å². The number of aromatic nitrogens is 2. The lowest BCUT2D eigenvalue weighted by molar-refractivity contribution is 0.766. The highest BCUT2D eigenvalue weighted by Crippen LogP contribution is 2.25. The molecule has 3 rings (SSSR count). The third-order valence-electron chi connectivity index (χ3n) is 2.66. The van der Waals surface area contributed by atoms with E-state index < -0.39 is 0 Å². The van der Waals surface area contributed by atoms with Crippen LogP contribution in [0.2, 0.25) is 0 Å². The Bertz CT molecular complexity index is 424. The van der Waals surface area contributed by atoms with Crippen LogP contribution in [0.1, 0.15) is 17.8 Å². The zero-order chi connectivity index (χ0) is 8.67. The highest BCUT2D eigenvalue weighted by atomic mass is 14.7. The Kier molecular flexibility index (Phi) is 1.36. The Morgan fingerprint density at radius 2 is 1.54 bits per heavy atom. The van der Waals surface area contributed by atoms with E-state index in [4.69, 9.17) is 0 Å². The maximum absolute atomic E-state index is 4.40. The second-order valence-corrected chi connectivity index (χ2v) is 3.47. The van der Waals surface area contributed by atoms with Crippen LogP contribution < -0.4 is 0 Å². The first kappa shape index (κ1) is 7.01. The predicted octanol–water partition coefficient (Wildman–Crippen LogP) is 2.12. The Labute approximate surface area is 76.6 Å². The largest absolute Gasteiger partial charge is 0.261 e. The smallest absolute Gasteiger partial charge is 0.0500 e. The van der Waals surface area contributed by atoms with Gasteiger partial charge in [-0.25, -0.2) is 0 Å². The Balaban J connectivity index is 2.49. The standard InChI is InChI=1S/C11H10N2/c1-2-9-11-8(4-6-12-9)5-7-13-10(11)3-1/h4-7H,1-3H2. The molecule has 0 unspecified atom stereocenters. The minimum absolute atomic E-state index is 1.11. The molecule has 1 aliphatic rings. The molecule has 1 aliphatic carbocycles. The van der Waals surface area contributed by atoms with Crippen LogP contribution in [0.5, 0.6) is 0 Å². The van der Waals surface area contributed by atoms with E-state index in [1.54, 1.807) is 0 Å². The van der Waals surface area contributed by atoms with Crippen molar-refractivity contribution in [3.05, 3.63) is 35.9 Å². The van der Waals surface area contributed by atoms with Gasteiger partial charge in [0, 0.05) is 29.2 Å². The third kappa shape index (κ3) is 0.949. The van der Waals surface area contributed by atoms with Crippen molar-refractivity contribution in [3.8, 4) is 0 Å². The zero-order valence-corrected chi connectivity index (χ0v) is 7.33.